The van der Waals surface area contributed by atoms with Gasteiger partial charge in [0.2, 0.25) is 5.91 Å². The maximum Gasteiger partial charge on any atom is 0.241 e. The lowest BCUT2D eigenvalue weighted by atomic mass is 10.0. The molecule has 25 heavy (non-hydrogen) atoms. The Morgan fingerprint density at radius 1 is 1.20 bits per heavy atom. The zero-order valence-corrected chi connectivity index (χ0v) is 13.7. The average molecular weight is 333 g/mol. The molecule has 0 bridgehead atoms. The number of para-hydroxylation sites is 1. The number of aryl methyl sites for hydroxylation is 1. The van der Waals surface area contributed by atoms with Crippen molar-refractivity contribution in [3.05, 3.63) is 65.4 Å². The fourth-order valence-corrected chi connectivity index (χ4v) is 3.38. The van der Waals surface area contributed by atoms with Crippen LogP contribution in [0.2, 0.25) is 0 Å². The Hall–Kier alpha value is -2.92. The van der Waals surface area contributed by atoms with Crippen LogP contribution in [0.4, 0.5) is 5.69 Å². The highest BCUT2D eigenvalue weighted by molar-refractivity contribution is 6.02. The zero-order valence-electron chi connectivity index (χ0n) is 13.7. The van der Waals surface area contributed by atoms with Gasteiger partial charge in [0.1, 0.15) is 0 Å². The molecular weight excluding hydrogens is 314 g/mol. The number of nitrogens with one attached hydrogen (secondary N) is 2. The molecular formula is C20H19N3O2. The van der Waals surface area contributed by atoms with E-state index in [1.54, 1.807) is 6.07 Å². The molecule has 0 fully saturated rings. The van der Waals surface area contributed by atoms with E-state index in [2.05, 4.69) is 10.3 Å². The Morgan fingerprint density at radius 3 is 2.92 bits per heavy atom. The summed E-state index contributed by atoms with van der Waals surface area (Å²) in [4.78, 5) is 27.4. The van der Waals surface area contributed by atoms with Crippen LogP contribution in [0.5, 0.6) is 0 Å². The van der Waals surface area contributed by atoms with E-state index in [4.69, 9.17) is 5.73 Å². The Balaban J connectivity index is 1.48. The molecule has 4 N–H and O–H groups in total. The first-order valence-electron chi connectivity index (χ1n) is 8.39. The lowest BCUT2D eigenvalue weighted by Gasteiger charge is -2.12. The molecule has 0 saturated heterocycles. The number of aromatic amines is 1. The maximum atomic E-state index is 12.4. The first kappa shape index (κ1) is 15.6. The number of aromatic nitrogens is 1. The average Bonchev–Trinajstić information content (AvgIpc) is 3.19. The number of hydrogen-bond donors (Lipinski definition) is 3. The van der Waals surface area contributed by atoms with Crippen molar-refractivity contribution in [3.63, 3.8) is 0 Å². The third-order valence-corrected chi connectivity index (χ3v) is 4.75. The number of H-pyrrole nitrogens is 1. The molecule has 1 aliphatic rings. The Kier molecular flexibility index (Phi) is 3.86. The van der Waals surface area contributed by atoms with Gasteiger partial charge in [-0.2, -0.15) is 0 Å². The largest absolute Gasteiger partial charge is 0.361 e. The standard InChI is InChI=1S/C20H19N3O2/c21-17(9-13-11-22-18-4-2-1-3-15(13)18)20(25)23-14-7-5-12-6-8-19(24)16(12)10-14/h1-5,7,10-11,17,22H,6,8-9,21H2,(H,23,25)/t17-/m0/s1. The summed E-state index contributed by atoms with van der Waals surface area (Å²) >= 11 is 0. The van der Waals surface area contributed by atoms with Gasteiger partial charge in [-0.25, -0.2) is 0 Å². The second-order valence-electron chi connectivity index (χ2n) is 6.45. The van der Waals surface area contributed by atoms with Gasteiger partial charge in [0, 0.05) is 34.8 Å². The number of benzene rings is 2. The number of amides is 1. The summed E-state index contributed by atoms with van der Waals surface area (Å²) in [6, 6.07) is 12.7. The highest BCUT2D eigenvalue weighted by Gasteiger charge is 2.21. The minimum Gasteiger partial charge on any atom is -0.361 e. The number of ketones is 1. The van der Waals surface area contributed by atoms with E-state index < -0.39 is 6.04 Å². The number of anilines is 1. The molecule has 126 valence electrons. The van der Waals surface area contributed by atoms with Crippen molar-refractivity contribution in [2.45, 2.75) is 25.3 Å². The van der Waals surface area contributed by atoms with Crippen LogP contribution in [0.15, 0.2) is 48.7 Å². The summed E-state index contributed by atoms with van der Waals surface area (Å²) in [6.07, 6.45) is 3.67. The molecule has 1 amide bonds. The van der Waals surface area contributed by atoms with Gasteiger partial charge in [-0.15, -0.1) is 0 Å². The summed E-state index contributed by atoms with van der Waals surface area (Å²) in [7, 11) is 0. The Morgan fingerprint density at radius 2 is 2.04 bits per heavy atom. The van der Waals surface area contributed by atoms with Crippen LogP contribution in [0.25, 0.3) is 10.9 Å². The molecule has 0 radical (unpaired) electrons. The second kappa shape index (κ2) is 6.18. The monoisotopic (exact) mass is 333 g/mol. The number of fused-ring (bicyclic) bond motifs is 2. The number of nitrogens with two attached hydrogens (primary N) is 1. The highest BCUT2D eigenvalue weighted by atomic mass is 16.2. The minimum atomic E-state index is -0.664. The van der Waals surface area contributed by atoms with Crippen molar-refractivity contribution < 1.29 is 9.59 Å². The number of Topliss-reactive ketones (excluding diaryl/α,β-unsaturated/α-hetero) is 1. The van der Waals surface area contributed by atoms with Crippen molar-refractivity contribution in [1.29, 1.82) is 0 Å². The molecule has 2 aromatic carbocycles. The van der Waals surface area contributed by atoms with Gasteiger partial charge in [-0.1, -0.05) is 24.3 Å². The van der Waals surface area contributed by atoms with Crippen molar-refractivity contribution in [3.8, 4) is 0 Å². The van der Waals surface area contributed by atoms with Gasteiger partial charge >= 0.3 is 0 Å². The molecule has 4 rings (SSSR count). The quantitative estimate of drug-likeness (QED) is 0.686. The smallest absolute Gasteiger partial charge is 0.241 e. The number of carbonyl (C=O) groups is 2. The number of hydrogen-bond acceptors (Lipinski definition) is 3. The molecule has 5 heteroatoms. The molecule has 1 aromatic heterocycles. The van der Waals surface area contributed by atoms with Crippen molar-refractivity contribution >= 4 is 28.3 Å². The van der Waals surface area contributed by atoms with Gasteiger partial charge in [0.25, 0.3) is 0 Å². The van der Waals surface area contributed by atoms with Gasteiger partial charge < -0.3 is 16.0 Å². The Labute approximate surface area is 145 Å². The van der Waals surface area contributed by atoms with Crippen molar-refractivity contribution in [2.24, 2.45) is 5.73 Å². The molecule has 0 spiro atoms. The topological polar surface area (TPSA) is 88.0 Å². The third kappa shape index (κ3) is 2.94. The number of rotatable bonds is 4. The first-order chi connectivity index (χ1) is 12.1. The van der Waals surface area contributed by atoms with E-state index in [-0.39, 0.29) is 11.7 Å². The van der Waals surface area contributed by atoms with E-state index in [1.807, 2.05) is 42.6 Å². The fraction of sp³-hybridized carbons (Fsp3) is 0.200. The van der Waals surface area contributed by atoms with Crippen LogP contribution in [-0.4, -0.2) is 22.7 Å². The van der Waals surface area contributed by atoms with E-state index in [1.165, 1.54) is 0 Å². The van der Waals surface area contributed by atoms with Crippen LogP contribution in [0, 0.1) is 0 Å². The van der Waals surface area contributed by atoms with Crippen molar-refractivity contribution in [1.82, 2.24) is 4.98 Å². The molecule has 0 unspecified atom stereocenters. The maximum absolute atomic E-state index is 12.4. The summed E-state index contributed by atoms with van der Waals surface area (Å²) in [5.74, 6) is -0.120. The molecule has 1 atom stereocenters. The summed E-state index contributed by atoms with van der Waals surface area (Å²) < 4.78 is 0. The van der Waals surface area contributed by atoms with E-state index >= 15 is 0 Å². The fourth-order valence-electron chi connectivity index (χ4n) is 3.38. The van der Waals surface area contributed by atoms with Crippen LogP contribution in [0.3, 0.4) is 0 Å². The van der Waals surface area contributed by atoms with Gasteiger partial charge in [0.15, 0.2) is 5.78 Å². The third-order valence-electron chi connectivity index (χ3n) is 4.75. The number of carbonyl (C=O) groups excluding carboxylic acids is 2. The SMILES string of the molecule is N[C@@H](Cc1c[nH]c2ccccc12)C(=O)Nc1ccc2c(c1)C(=O)CC2. The normalized spacial score (nSPS) is 14.5. The van der Waals surface area contributed by atoms with E-state index in [0.717, 1.165) is 28.5 Å². The molecule has 1 aliphatic carbocycles. The Bertz CT molecular complexity index is 974. The minimum absolute atomic E-state index is 0.134. The molecule has 0 aliphatic heterocycles. The van der Waals surface area contributed by atoms with Crippen LogP contribution in [0.1, 0.15) is 27.9 Å². The van der Waals surface area contributed by atoms with Gasteiger partial charge in [-0.05, 0) is 42.2 Å². The highest BCUT2D eigenvalue weighted by Crippen LogP contribution is 2.25. The predicted octanol–water partition coefficient (Wildman–Crippen LogP) is 2.81. The lowest BCUT2D eigenvalue weighted by Crippen LogP contribution is -2.37. The van der Waals surface area contributed by atoms with Gasteiger partial charge in [0.05, 0.1) is 6.04 Å². The van der Waals surface area contributed by atoms with E-state index in [0.29, 0.717) is 24.1 Å². The van der Waals surface area contributed by atoms with Crippen molar-refractivity contribution in [2.75, 3.05) is 5.32 Å². The van der Waals surface area contributed by atoms with E-state index in [9.17, 15) is 9.59 Å². The van der Waals surface area contributed by atoms with Crippen LogP contribution >= 0.6 is 0 Å². The summed E-state index contributed by atoms with van der Waals surface area (Å²) in [5, 5.41) is 3.90. The predicted molar refractivity (Wildman–Crippen MR) is 97.7 cm³/mol. The van der Waals surface area contributed by atoms with Crippen LogP contribution in [-0.2, 0) is 17.6 Å². The zero-order chi connectivity index (χ0) is 17.4. The summed E-state index contributed by atoms with van der Waals surface area (Å²) in [5.41, 5.74) is 10.5. The molecule has 5 nitrogen and oxygen atoms in total. The first-order valence-corrected chi connectivity index (χ1v) is 8.39. The van der Waals surface area contributed by atoms with Crippen LogP contribution < -0.4 is 11.1 Å². The molecule has 1 heterocycles. The lowest BCUT2D eigenvalue weighted by molar-refractivity contribution is -0.117. The second-order valence-corrected chi connectivity index (χ2v) is 6.45. The molecule has 0 saturated carbocycles. The van der Waals surface area contributed by atoms with Gasteiger partial charge in [-0.3, -0.25) is 9.59 Å². The molecule has 3 aromatic rings. The summed E-state index contributed by atoms with van der Waals surface area (Å²) in [6.45, 7) is 0.